The summed E-state index contributed by atoms with van der Waals surface area (Å²) in [6, 6.07) is 6.77. The molecular weight excluding hydrogens is 241 g/mol. The maximum absolute atomic E-state index is 13.3. The molecule has 90 valence electrons. The molecule has 0 saturated heterocycles. The smallest absolute Gasteiger partial charge is 0.142 e. The summed E-state index contributed by atoms with van der Waals surface area (Å²) < 4.78 is 13.3. The van der Waals surface area contributed by atoms with Crippen molar-refractivity contribution in [3.05, 3.63) is 52.6 Å². The van der Waals surface area contributed by atoms with Crippen molar-refractivity contribution in [1.29, 1.82) is 0 Å². The van der Waals surface area contributed by atoms with Gasteiger partial charge >= 0.3 is 0 Å². The highest BCUT2D eigenvalue weighted by atomic mass is 35.5. The molecule has 0 aliphatic heterocycles. The minimum Gasteiger partial charge on any atom is -0.305 e. The molecular formula is C12H13ClFN3. The molecule has 5 heteroatoms. The molecule has 0 aliphatic carbocycles. The molecule has 0 bridgehead atoms. The normalized spacial score (nSPS) is 12.6. The predicted molar refractivity (Wildman–Crippen MR) is 65.3 cm³/mol. The third-order valence-electron chi connectivity index (χ3n) is 2.60. The quantitative estimate of drug-likeness (QED) is 0.879. The van der Waals surface area contributed by atoms with Crippen LogP contribution in [0.1, 0.15) is 24.2 Å². The Kier molecular flexibility index (Phi) is 3.76. The Balaban J connectivity index is 1.99. The number of aromatic amines is 1. The van der Waals surface area contributed by atoms with E-state index in [1.165, 1.54) is 6.07 Å². The summed E-state index contributed by atoms with van der Waals surface area (Å²) in [5, 5.41) is 10.1. The van der Waals surface area contributed by atoms with Crippen LogP contribution in [0, 0.1) is 5.82 Å². The Morgan fingerprint density at radius 2 is 2.29 bits per heavy atom. The van der Waals surface area contributed by atoms with Crippen LogP contribution in [0.5, 0.6) is 0 Å². The Bertz CT molecular complexity index is 485. The summed E-state index contributed by atoms with van der Waals surface area (Å²) >= 11 is 5.63. The first-order chi connectivity index (χ1) is 8.16. The van der Waals surface area contributed by atoms with Crippen LogP contribution in [0.3, 0.4) is 0 Å². The van der Waals surface area contributed by atoms with Crippen molar-refractivity contribution in [2.24, 2.45) is 0 Å². The van der Waals surface area contributed by atoms with Gasteiger partial charge in [-0.3, -0.25) is 5.10 Å². The lowest BCUT2D eigenvalue weighted by Crippen LogP contribution is -2.18. The van der Waals surface area contributed by atoms with Crippen molar-refractivity contribution in [3.8, 4) is 0 Å². The first-order valence-corrected chi connectivity index (χ1v) is 5.71. The van der Waals surface area contributed by atoms with Crippen LogP contribution in [-0.4, -0.2) is 10.2 Å². The van der Waals surface area contributed by atoms with E-state index in [4.69, 9.17) is 11.6 Å². The van der Waals surface area contributed by atoms with E-state index in [0.717, 1.165) is 11.3 Å². The number of nitrogens with zero attached hydrogens (tertiary/aromatic N) is 1. The summed E-state index contributed by atoms with van der Waals surface area (Å²) in [7, 11) is 0. The summed E-state index contributed by atoms with van der Waals surface area (Å²) in [5.41, 5.74) is 1.86. The zero-order valence-corrected chi connectivity index (χ0v) is 10.1. The average Bonchev–Trinajstić information content (AvgIpc) is 2.82. The molecule has 0 spiro atoms. The second kappa shape index (κ2) is 5.29. The maximum Gasteiger partial charge on any atom is 0.142 e. The van der Waals surface area contributed by atoms with E-state index in [1.807, 2.05) is 19.1 Å². The summed E-state index contributed by atoms with van der Waals surface area (Å²) in [6.45, 7) is 2.63. The Morgan fingerprint density at radius 3 is 2.94 bits per heavy atom. The SMILES string of the molecule is CC(NCc1ccn[nH]1)c1ccc(Cl)c(F)c1. The number of hydrogen-bond donors (Lipinski definition) is 2. The lowest BCUT2D eigenvalue weighted by atomic mass is 10.1. The zero-order chi connectivity index (χ0) is 12.3. The monoisotopic (exact) mass is 253 g/mol. The van der Waals surface area contributed by atoms with Crippen LogP contribution in [0.15, 0.2) is 30.5 Å². The summed E-state index contributed by atoms with van der Waals surface area (Å²) in [4.78, 5) is 0. The van der Waals surface area contributed by atoms with Crippen molar-refractivity contribution in [3.63, 3.8) is 0 Å². The van der Waals surface area contributed by atoms with Gasteiger partial charge in [-0.15, -0.1) is 0 Å². The van der Waals surface area contributed by atoms with E-state index in [9.17, 15) is 4.39 Å². The van der Waals surface area contributed by atoms with Gasteiger partial charge in [-0.25, -0.2) is 4.39 Å². The number of nitrogens with one attached hydrogen (secondary N) is 2. The largest absolute Gasteiger partial charge is 0.305 e. The topological polar surface area (TPSA) is 40.7 Å². The average molecular weight is 254 g/mol. The Labute approximate surface area is 104 Å². The van der Waals surface area contributed by atoms with E-state index < -0.39 is 0 Å². The van der Waals surface area contributed by atoms with Crippen LogP contribution in [-0.2, 0) is 6.54 Å². The second-order valence-corrected chi connectivity index (χ2v) is 4.27. The van der Waals surface area contributed by atoms with Gasteiger partial charge in [-0.05, 0) is 30.7 Å². The Morgan fingerprint density at radius 1 is 1.47 bits per heavy atom. The fourth-order valence-corrected chi connectivity index (χ4v) is 1.66. The number of aromatic nitrogens is 2. The lowest BCUT2D eigenvalue weighted by Gasteiger charge is -2.13. The van der Waals surface area contributed by atoms with Crippen molar-refractivity contribution >= 4 is 11.6 Å². The molecule has 0 fully saturated rings. The molecule has 2 rings (SSSR count). The van der Waals surface area contributed by atoms with Crippen LogP contribution >= 0.6 is 11.6 Å². The first kappa shape index (κ1) is 12.1. The van der Waals surface area contributed by atoms with Gasteiger partial charge in [0, 0.05) is 24.5 Å². The molecule has 0 amide bonds. The van der Waals surface area contributed by atoms with Crippen LogP contribution in [0.2, 0.25) is 5.02 Å². The van der Waals surface area contributed by atoms with E-state index in [1.54, 1.807) is 12.3 Å². The molecule has 1 aromatic carbocycles. The molecule has 1 aromatic heterocycles. The number of hydrogen-bond acceptors (Lipinski definition) is 2. The fourth-order valence-electron chi connectivity index (χ4n) is 1.55. The molecule has 0 saturated carbocycles. The van der Waals surface area contributed by atoms with Crippen LogP contribution < -0.4 is 5.32 Å². The minimum absolute atomic E-state index is 0.0464. The predicted octanol–water partition coefficient (Wildman–Crippen LogP) is 3.05. The van der Waals surface area contributed by atoms with Crippen molar-refractivity contribution < 1.29 is 4.39 Å². The van der Waals surface area contributed by atoms with Gasteiger partial charge in [-0.2, -0.15) is 5.10 Å². The first-order valence-electron chi connectivity index (χ1n) is 5.33. The van der Waals surface area contributed by atoms with E-state index >= 15 is 0 Å². The number of H-pyrrole nitrogens is 1. The van der Waals surface area contributed by atoms with Gasteiger partial charge in [0.2, 0.25) is 0 Å². The lowest BCUT2D eigenvalue weighted by molar-refractivity contribution is 0.559. The molecule has 2 N–H and O–H groups in total. The van der Waals surface area contributed by atoms with Crippen molar-refractivity contribution in [2.45, 2.75) is 19.5 Å². The van der Waals surface area contributed by atoms with Crippen molar-refractivity contribution in [1.82, 2.24) is 15.5 Å². The molecule has 0 radical (unpaired) electrons. The third kappa shape index (κ3) is 3.05. The maximum atomic E-state index is 13.3. The highest BCUT2D eigenvalue weighted by Crippen LogP contribution is 2.20. The number of halogens is 2. The van der Waals surface area contributed by atoms with Crippen LogP contribution in [0.25, 0.3) is 0 Å². The molecule has 0 aliphatic rings. The number of rotatable bonds is 4. The van der Waals surface area contributed by atoms with Gasteiger partial charge in [0.05, 0.1) is 5.02 Å². The van der Waals surface area contributed by atoms with Crippen LogP contribution in [0.4, 0.5) is 4.39 Å². The zero-order valence-electron chi connectivity index (χ0n) is 9.37. The summed E-state index contributed by atoms with van der Waals surface area (Å²) in [5.74, 6) is -0.389. The highest BCUT2D eigenvalue weighted by molar-refractivity contribution is 6.30. The fraction of sp³-hybridized carbons (Fsp3) is 0.250. The van der Waals surface area contributed by atoms with Gasteiger partial charge < -0.3 is 5.32 Å². The Hall–Kier alpha value is -1.39. The minimum atomic E-state index is -0.389. The van der Waals surface area contributed by atoms with Crippen molar-refractivity contribution in [2.75, 3.05) is 0 Å². The highest BCUT2D eigenvalue weighted by Gasteiger charge is 2.08. The van der Waals surface area contributed by atoms with Gasteiger partial charge in [0.25, 0.3) is 0 Å². The standard InChI is InChI=1S/C12H13ClFN3/c1-8(15-7-10-4-5-16-17-10)9-2-3-11(13)12(14)6-9/h2-6,8,15H,7H2,1H3,(H,16,17). The summed E-state index contributed by atoms with van der Waals surface area (Å²) in [6.07, 6.45) is 1.70. The molecule has 3 nitrogen and oxygen atoms in total. The van der Waals surface area contributed by atoms with E-state index in [0.29, 0.717) is 6.54 Å². The van der Waals surface area contributed by atoms with Gasteiger partial charge in [0.1, 0.15) is 5.82 Å². The molecule has 1 unspecified atom stereocenters. The number of benzene rings is 1. The molecule has 17 heavy (non-hydrogen) atoms. The molecule has 2 aromatic rings. The van der Waals surface area contributed by atoms with E-state index in [-0.39, 0.29) is 16.9 Å². The third-order valence-corrected chi connectivity index (χ3v) is 2.91. The second-order valence-electron chi connectivity index (χ2n) is 3.86. The van der Waals surface area contributed by atoms with Gasteiger partial charge in [0.15, 0.2) is 0 Å². The molecule has 1 atom stereocenters. The molecule has 1 heterocycles. The van der Waals surface area contributed by atoms with E-state index in [2.05, 4.69) is 15.5 Å². The van der Waals surface area contributed by atoms with Gasteiger partial charge in [-0.1, -0.05) is 17.7 Å².